The summed E-state index contributed by atoms with van der Waals surface area (Å²) in [4.78, 5) is 22.9. The second-order valence-electron chi connectivity index (χ2n) is 4.79. The van der Waals surface area contributed by atoms with Crippen molar-refractivity contribution in [3.05, 3.63) is 29.6 Å². The number of hydrogen-bond acceptors (Lipinski definition) is 3. The van der Waals surface area contributed by atoms with Crippen molar-refractivity contribution in [2.45, 2.75) is 19.3 Å². The minimum absolute atomic E-state index is 0.0124. The van der Waals surface area contributed by atoms with Gasteiger partial charge in [0.05, 0.1) is 11.0 Å². The maximum atomic E-state index is 13.4. The molecule has 1 aliphatic rings. The number of carboxylic acid groups (broad SMARTS) is 1. The van der Waals surface area contributed by atoms with Crippen LogP contribution in [0.25, 0.3) is 0 Å². The van der Waals surface area contributed by atoms with Crippen molar-refractivity contribution in [1.82, 2.24) is 5.32 Å². The van der Waals surface area contributed by atoms with Crippen LogP contribution in [0.2, 0.25) is 0 Å². The number of rotatable bonds is 4. The van der Waals surface area contributed by atoms with Gasteiger partial charge in [-0.1, -0.05) is 6.42 Å². The summed E-state index contributed by atoms with van der Waals surface area (Å²) in [6, 6.07) is 3.20. The number of aliphatic carboxylic acids is 1. The first-order chi connectivity index (χ1) is 8.94. The number of halogens is 1. The van der Waals surface area contributed by atoms with Crippen LogP contribution in [-0.2, 0) is 4.79 Å². The average Bonchev–Trinajstić information content (AvgIpc) is 2.26. The summed E-state index contributed by atoms with van der Waals surface area (Å²) in [6.45, 7) is -0.0124. The van der Waals surface area contributed by atoms with E-state index in [9.17, 15) is 14.0 Å². The summed E-state index contributed by atoms with van der Waals surface area (Å²) in [5, 5.41) is 20.6. The SMILES string of the molecule is O=C(NCC1(C(=O)O)CCC1)c1ccc(O)cc1F. The molecule has 0 saturated heterocycles. The predicted molar refractivity (Wildman–Crippen MR) is 64.3 cm³/mol. The number of hydrogen-bond donors (Lipinski definition) is 3. The van der Waals surface area contributed by atoms with Crippen LogP contribution in [0, 0.1) is 11.2 Å². The number of nitrogens with one attached hydrogen (secondary N) is 1. The number of carbonyl (C=O) groups excluding carboxylic acids is 1. The lowest BCUT2D eigenvalue weighted by Gasteiger charge is -2.37. The van der Waals surface area contributed by atoms with Crippen molar-refractivity contribution in [2.24, 2.45) is 5.41 Å². The van der Waals surface area contributed by atoms with Gasteiger partial charge in [-0.05, 0) is 25.0 Å². The van der Waals surface area contributed by atoms with Crippen LogP contribution < -0.4 is 5.32 Å². The molecule has 0 atom stereocenters. The molecule has 0 heterocycles. The first kappa shape index (κ1) is 13.3. The van der Waals surface area contributed by atoms with Gasteiger partial charge in [0.15, 0.2) is 0 Å². The van der Waals surface area contributed by atoms with Crippen molar-refractivity contribution in [2.75, 3.05) is 6.54 Å². The topological polar surface area (TPSA) is 86.6 Å². The highest BCUT2D eigenvalue weighted by atomic mass is 19.1. The molecule has 1 aromatic rings. The Morgan fingerprint density at radius 2 is 2.05 bits per heavy atom. The van der Waals surface area contributed by atoms with Crippen molar-refractivity contribution in [1.29, 1.82) is 0 Å². The van der Waals surface area contributed by atoms with E-state index in [4.69, 9.17) is 10.2 Å². The Bertz CT molecular complexity index is 525. The lowest BCUT2D eigenvalue weighted by molar-refractivity contribution is -0.153. The van der Waals surface area contributed by atoms with E-state index < -0.39 is 23.1 Å². The third-order valence-corrected chi connectivity index (χ3v) is 3.55. The van der Waals surface area contributed by atoms with Gasteiger partial charge >= 0.3 is 5.97 Å². The predicted octanol–water partition coefficient (Wildman–Crippen LogP) is 1.52. The van der Waals surface area contributed by atoms with Gasteiger partial charge in [-0.2, -0.15) is 0 Å². The summed E-state index contributed by atoms with van der Waals surface area (Å²) in [5.41, 5.74) is -1.12. The summed E-state index contributed by atoms with van der Waals surface area (Å²) in [5.74, 6) is -2.72. The first-order valence-corrected chi connectivity index (χ1v) is 5.95. The fourth-order valence-corrected chi connectivity index (χ4v) is 2.10. The zero-order chi connectivity index (χ0) is 14.0. The summed E-state index contributed by atoms with van der Waals surface area (Å²) in [7, 11) is 0. The van der Waals surface area contributed by atoms with Crippen LogP contribution in [0.5, 0.6) is 5.75 Å². The molecule has 6 heteroatoms. The summed E-state index contributed by atoms with van der Waals surface area (Å²) < 4.78 is 13.4. The number of amides is 1. The standard InChI is InChI=1S/C13H14FNO4/c14-10-6-8(16)2-3-9(10)11(17)15-7-13(12(18)19)4-1-5-13/h2-3,6,16H,1,4-5,7H2,(H,15,17)(H,18,19). The normalized spacial score (nSPS) is 16.5. The highest BCUT2D eigenvalue weighted by Gasteiger charge is 2.44. The molecular formula is C13H14FNO4. The number of phenols is 1. The Kier molecular flexibility index (Phi) is 3.42. The monoisotopic (exact) mass is 267 g/mol. The minimum atomic E-state index is -0.940. The van der Waals surface area contributed by atoms with Crippen molar-refractivity contribution < 1.29 is 24.2 Å². The molecule has 1 aliphatic carbocycles. The molecule has 102 valence electrons. The third-order valence-electron chi connectivity index (χ3n) is 3.55. The molecule has 1 aromatic carbocycles. The Balaban J connectivity index is 2.03. The Morgan fingerprint density at radius 1 is 1.37 bits per heavy atom. The number of benzene rings is 1. The highest BCUT2D eigenvalue weighted by Crippen LogP contribution is 2.40. The van der Waals surface area contributed by atoms with Gasteiger partial charge in [0.2, 0.25) is 0 Å². The van der Waals surface area contributed by atoms with Crippen molar-refractivity contribution in [3.8, 4) is 5.75 Å². The van der Waals surface area contributed by atoms with Gasteiger partial charge in [0.25, 0.3) is 5.91 Å². The van der Waals surface area contributed by atoms with E-state index in [2.05, 4.69) is 5.32 Å². The van der Waals surface area contributed by atoms with E-state index >= 15 is 0 Å². The van der Waals surface area contributed by atoms with Gasteiger partial charge < -0.3 is 15.5 Å². The first-order valence-electron chi connectivity index (χ1n) is 5.95. The van der Waals surface area contributed by atoms with Crippen LogP contribution in [0.3, 0.4) is 0 Å². The summed E-state index contributed by atoms with van der Waals surface area (Å²) in [6.07, 6.45) is 1.84. The van der Waals surface area contributed by atoms with Gasteiger partial charge in [-0.15, -0.1) is 0 Å². The van der Waals surface area contributed by atoms with Crippen LogP contribution >= 0.6 is 0 Å². The van der Waals surface area contributed by atoms with E-state index in [-0.39, 0.29) is 17.9 Å². The van der Waals surface area contributed by atoms with Crippen LogP contribution in [0.4, 0.5) is 4.39 Å². The number of phenolic OH excluding ortho intramolecular Hbond substituents is 1. The molecule has 3 N–H and O–H groups in total. The molecule has 0 unspecified atom stereocenters. The second-order valence-corrected chi connectivity index (χ2v) is 4.79. The molecule has 0 aromatic heterocycles. The fraction of sp³-hybridized carbons (Fsp3) is 0.385. The molecule has 0 bridgehead atoms. The van der Waals surface area contributed by atoms with Gasteiger partial charge in [0, 0.05) is 12.6 Å². The minimum Gasteiger partial charge on any atom is -0.508 e. The molecule has 19 heavy (non-hydrogen) atoms. The highest BCUT2D eigenvalue weighted by molar-refractivity contribution is 5.95. The maximum Gasteiger partial charge on any atom is 0.311 e. The molecule has 0 spiro atoms. The van der Waals surface area contributed by atoms with E-state index in [1.54, 1.807) is 0 Å². The second kappa shape index (κ2) is 4.87. The van der Waals surface area contributed by atoms with Crippen LogP contribution in [-0.4, -0.2) is 28.6 Å². The third kappa shape index (κ3) is 2.52. The quantitative estimate of drug-likeness (QED) is 0.771. The molecule has 1 saturated carbocycles. The summed E-state index contributed by atoms with van der Waals surface area (Å²) >= 11 is 0. The van der Waals surface area contributed by atoms with E-state index in [0.717, 1.165) is 18.6 Å². The van der Waals surface area contributed by atoms with E-state index in [1.807, 2.05) is 0 Å². The Morgan fingerprint density at radius 3 is 2.53 bits per heavy atom. The maximum absolute atomic E-state index is 13.4. The molecule has 5 nitrogen and oxygen atoms in total. The van der Waals surface area contributed by atoms with Gasteiger partial charge in [0.1, 0.15) is 11.6 Å². The zero-order valence-corrected chi connectivity index (χ0v) is 10.1. The van der Waals surface area contributed by atoms with Gasteiger partial charge in [-0.3, -0.25) is 9.59 Å². The van der Waals surface area contributed by atoms with Crippen molar-refractivity contribution in [3.63, 3.8) is 0 Å². The van der Waals surface area contributed by atoms with Gasteiger partial charge in [-0.25, -0.2) is 4.39 Å². The zero-order valence-electron chi connectivity index (χ0n) is 10.1. The molecule has 1 amide bonds. The Hall–Kier alpha value is -2.11. The van der Waals surface area contributed by atoms with Crippen LogP contribution in [0.15, 0.2) is 18.2 Å². The lowest BCUT2D eigenvalue weighted by atomic mass is 9.69. The average molecular weight is 267 g/mol. The number of carbonyl (C=O) groups is 2. The molecular weight excluding hydrogens is 253 g/mol. The smallest absolute Gasteiger partial charge is 0.311 e. The van der Waals surface area contributed by atoms with Crippen LogP contribution in [0.1, 0.15) is 29.6 Å². The molecule has 1 fully saturated rings. The molecule has 0 radical (unpaired) electrons. The number of carboxylic acids is 1. The Labute approximate surface area is 109 Å². The number of aromatic hydroxyl groups is 1. The fourth-order valence-electron chi connectivity index (χ4n) is 2.10. The van der Waals surface area contributed by atoms with Crippen molar-refractivity contribution >= 4 is 11.9 Å². The van der Waals surface area contributed by atoms with E-state index in [0.29, 0.717) is 12.8 Å². The molecule has 2 rings (SSSR count). The lowest BCUT2D eigenvalue weighted by Crippen LogP contribution is -2.47. The largest absolute Gasteiger partial charge is 0.508 e. The molecule has 0 aliphatic heterocycles. The van der Waals surface area contributed by atoms with E-state index in [1.165, 1.54) is 6.07 Å².